The number of benzene rings is 1. The highest BCUT2D eigenvalue weighted by molar-refractivity contribution is 9.10. The molecule has 0 radical (unpaired) electrons. The Morgan fingerprint density at radius 3 is 2.87 bits per heavy atom. The minimum atomic E-state index is 0.638. The highest BCUT2D eigenvalue weighted by Crippen LogP contribution is 2.32. The maximum Gasteiger partial charge on any atom is 0.0514 e. The normalized spacial score (nSPS) is 21.7. The van der Waals surface area contributed by atoms with Gasteiger partial charge in [0.25, 0.3) is 0 Å². The molecule has 0 spiro atoms. The number of nitrogens with two attached hydrogens (primary N) is 1. The first kappa shape index (κ1) is 10.8. The van der Waals surface area contributed by atoms with Gasteiger partial charge in [0.2, 0.25) is 0 Å². The van der Waals surface area contributed by atoms with Gasteiger partial charge < -0.3 is 10.6 Å². The number of halogens is 1. The molecular weight excluding hydrogens is 252 g/mol. The topological polar surface area (TPSA) is 29.3 Å². The van der Waals surface area contributed by atoms with Crippen LogP contribution in [0.2, 0.25) is 0 Å². The number of piperidine rings is 1. The third kappa shape index (κ3) is 2.28. The number of nitrogen functional groups attached to an aromatic ring is 1. The van der Waals surface area contributed by atoms with Gasteiger partial charge in [0.05, 0.1) is 5.69 Å². The van der Waals surface area contributed by atoms with Crippen molar-refractivity contribution in [2.24, 2.45) is 0 Å². The summed E-state index contributed by atoms with van der Waals surface area (Å²) in [6.07, 6.45) is 3.93. The van der Waals surface area contributed by atoms with Crippen LogP contribution in [-0.4, -0.2) is 12.6 Å². The zero-order valence-corrected chi connectivity index (χ0v) is 10.6. The Kier molecular flexibility index (Phi) is 3.19. The number of hydrogen-bond donors (Lipinski definition) is 1. The zero-order valence-electron chi connectivity index (χ0n) is 9.04. The zero-order chi connectivity index (χ0) is 10.8. The summed E-state index contributed by atoms with van der Waals surface area (Å²) in [4.78, 5) is 2.47. The van der Waals surface area contributed by atoms with Crippen molar-refractivity contribution in [3.05, 3.63) is 22.7 Å². The van der Waals surface area contributed by atoms with Crippen molar-refractivity contribution in [1.29, 1.82) is 0 Å². The summed E-state index contributed by atoms with van der Waals surface area (Å²) in [5.41, 5.74) is 7.83. The quantitative estimate of drug-likeness (QED) is 0.791. The summed E-state index contributed by atoms with van der Waals surface area (Å²) in [7, 11) is 0. The van der Waals surface area contributed by atoms with Gasteiger partial charge in [0, 0.05) is 22.7 Å². The second kappa shape index (κ2) is 4.44. The smallest absolute Gasteiger partial charge is 0.0514 e. The van der Waals surface area contributed by atoms with Crippen molar-refractivity contribution >= 4 is 27.3 Å². The van der Waals surface area contributed by atoms with E-state index >= 15 is 0 Å². The van der Waals surface area contributed by atoms with Gasteiger partial charge >= 0.3 is 0 Å². The van der Waals surface area contributed by atoms with Crippen molar-refractivity contribution in [2.75, 3.05) is 17.2 Å². The molecule has 0 bridgehead atoms. The maximum atomic E-state index is 5.74. The van der Waals surface area contributed by atoms with Crippen molar-refractivity contribution in [3.63, 3.8) is 0 Å². The average Bonchev–Trinajstić information content (AvgIpc) is 2.20. The number of anilines is 2. The molecular formula is C12H17BrN2. The van der Waals surface area contributed by atoms with E-state index in [0.717, 1.165) is 16.7 Å². The Balaban J connectivity index is 2.27. The van der Waals surface area contributed by atoms with Crippen LogP contribution < -0.4 is 10.6 Å². The molecule has 1 heterocycles. The molecule has 15 heavy (non-hydrogen) atoms. The van der Waals surface area contributed by atoms with Gasteiger partial charge in [0.1, 0.15) is 0 Å². The van der Waals surface area contributed by atoms with Crippen molar-refractivity contribution in [2.45, 2.75) is 32.2 Å². The molecule has 82 valence electrons. The number of nitrogens with zero attached hydrogens (tertiary/aromatic N) is 1. The monoisotopic (exact) mass is 268 g/mol. The highest BCUT2D eigenvalue weighted by atomic mass is 79.9. The molecule has 3 heteroatoms. The third-order valence-corrected chi connectivity index (χ3v) is 3.72. The van der Waals surface area contributed by atoms with Crippen molar-refractivity contribution in [3.8, 4) is 0 Å². The molecule has 1 aromatic rings. The van der Waals surface area contributed by atoms with Crippen LogP contribution in [0, 0.1) is 0 Å². The number of hydrogen-bond acceptors (Lipinski definition) is 2. The molecule has 1 fully saturated rings. The van der Waals surface area contributed by atoms with E-state index in [1.54, 1.807) is 0 Å². The van der Waals surface area contributed by atoms with E-state index < -0.39 is 0 Å². The summed E-state index contributed by atoms with van der Waals surface area (Å²) in [6.45, 7) is 3.45. The molecule has 1 aliphatic heterocycles. The van der Waals surface area contributed by atoms with Gasteiger partial charge in [-0.1, -0.05) is 0 Å². The van der Waals surface area contributed by atoms with Crippen LogP contribution in [0.4, 0.5) is 11.4 Å². The Bertz CT molecular complexity index is 351. The fourth-order valence-electron chi connectivity index (χ4n) is 2.21. The summed E-state index contributed by atoms with van der Waals surface area (Å²) < 4.78 is 1.11. The number of rotatable bonds is 1. The molecule has 2 rings (SSSR count). The van der Waals surface area contributed by atoms with Crippen LogP contribution in [0.25, 0.3) is 0 Å². The minimum absolute atomic E-state index is 0.638. The maximum absolute atomic E-state index is 5.74. The predicted molar refractivity (Wildman–Crippen MR) is 69.2 cm³/mol. The van der Waals surface area contributed by atoms with E-state index in [-0.39, 0.29) is 0 Å². The Morgan fingerprint density at radius 2 is 2.20 bits per heavy atom. The lowest BCUT2D eigenvalue weighted by atomic mass is 10.0. The van der Waals surface area contributed by atoms with E-state index in [0.29, 0.717) is 6.04 Å². The molecule has 2 N–H and O–H groups in total. The third-order valence-electron chi connectivity index (χ3n) is 3.08. The molecule has 0 aromatic heterocycles. The fraction of sp³-hybridized carbons (Fsp3) is 0.500. The summed E-state index contributed by atoms with van der Waals surface area (Å²) in [6, 6.07) is 6.71. The summed E-state index contributed by atoms with van der Waals surface area (Å²) in [5.74, 6) is 0. The first-order valence-electron chi connectivity index (χ1n) is 5.50. The van der Waals surface area contributed by atoms with Crippen molar-refractivity contribution in [1.82, 2.24) is 0 Å². The highest BCUT2D eigenvalue weighted by Gasteiger charge is 2.20. The molecule has 1 saturated heterocycles. The molecule has 1 aliphatic rings. The van der Waals surface area contributed by atoms with Gasteiger partial charge in [0.15, 0.2) is 0 Å². The van der Waals surface area contributed by atoms with E-state index in [4.69, 9.17) is 5.73 Å². The lowest BCUT2D eigenvalue weighted by Gasteiger charge is -2.36. The van der Waals surface area contributed by atoms with Gasteiger partial charge in [-0.2, -0.15) is 0 Å². The van der Waals surface area contributed by atoms with E-state index in [1.807, 2.05) is 12.1 Å². The lowest BCUT2D eigenvalue weighted by Crippen LogP contribution is -2.37. The second-order valence-corrected chi connectivity index (χ2v) is 5.10. The standard InChI is InChI=1S/C12H17BrN2/c1-9-4-2-3-7-15(9)12-6-5-10(14)8-11(12)13/h5-6,8-9H,2-4,7,14H2,1H3. The molecule has 2 nitrogen and oxygen atoms in total. The molecule has 0 amide bonds. The van der Waals surface area contributed by atoms with Crippen LogP contribution >= 0.6 is 15.9 Å². The predicted octanol–water partition coefficient (Wildman–Crippen LogP) is 3.41. The molecule has 1 unspecified atom stereocenters. The SMILES string of the molecule is CC1CCCCN1c1ccc(N)cc1Br. The largest absolute Gasteiger partial charge is 0.399 e. The molecule has 0 aliphatic carbocycles. The van der Waals surface area contributed by atoms with Crippen LogP contribution in [-0.2, 0) is 0 Å². The first-order chi connectivity index (χ1) is 7.18. The Morgan fingerprint density at radius 1 is 1.40 bits per heavy atom. The van der Waals surface area contributed by atoms with Gasteiger partial charge in [-0.15, -0.1) is 0 Å². The van der Waals surface area contributed by atoms with E-state index in [9.17, 15) is 0 Å². The summed E-state index contributed by atoms with van der Waals surface area (Å²) in [5, 5.41) is 0. The molecule has 1 atom stereocenters. The minimum Gasteiger partial charge on any atom is -0.399 e. The fourth-order valence-corrected chi connectivity index (χ4v) is 2.84. The second-order valence-electron chi connectivity index (χ2n) is 4.25. The Labute approximate surface area is 99.6 Å². The van der Waals surface area contributed by atoms with E-state index in [1.165, 1.54) is 24.9 Å². The van der Waals surface area contributed by atoms with E-state index in [2.05, 4.69) is 33.8 Å². The van der Waals surface area contributed by atoms with Gasteiger partial charge in [-0.3, -0.25) is 0 Å². The van der Waals surface area contributed by atoms with Crippen LogP contribution in [0.15, 0.2) is 22.7 Å². The first-order valence-corrected chi connectivity index (χ1v) is 6.29. The molecule has 0 saturated carbocycles. The Hall–Kier alpha value is -0.700. The molecule has 1 aromatic carbocycles. The summed E-state index contributed by atoms with van der Waals surface area (Å²) >= 11 is 3.59. The van der Waals surface area contributed by atoms with Crippen LogP contribution in [0.5, 0.6) is 0 Å². The van der Waals surface area contributed by atoms with Crippen LogP contribution in [0.1, 0.15) is 26.2 Å². The van der Waals surface area contributed by atoms with Gasteiger partial charge in [-0.25, -0.2) is 0 Å². The lowest BCUT2D eigenvalue weighted by molar-refractivity contribution is 0.484. The van der Waals surface area contributed by atoms with Crippen molar-refractivity contribution < 1.29 is 0 Å². The van der Waals surface area contributed by atoms with Crippen LogP contribution in [0.3, 0.4) is 0 Å². The average molecular weight is 269 g/mol. The van der Waals surface area contributed by atoms with Gasteiger partial charge in [-0.05, 0) is 60.3 Å².